The molecule has 0 radical (unpaired) electrons. The van der Waals surface area contributed by atoms with Gasteiger partial charge >= 0.3 is 0 Å². The van der Waals surface area contributed by atoms with Crippen LogP contribution in [0.2, 0.25) is 0 Å². The predicted octanol–water partition coefficient (Wildman–Crippen LogP) is 1.08. The SMILES string of the molecule is Cn1nc(-c2ccc(F)cc2)cc(CO)c1=O. The van der Waals surface area contributed by atoms with Crippen molar-refractivity contribution in [2.75, 3.05) is 0 Å². The van der Waals surface area contributed by atoms with Crippen LogP contribution in [0.15, 0.2) is 35.1 Å². The number of halogens is 1. The van der Waals surface area contributed by atoms with Gasteiger partial charge in [-0.15, -0.1) is 0 Å². The second-order valence-electron chi connectivity index (χ2n) is 3.65. The molecule has 0 spiro atoms. The van der Waals surface area contributed by atoms with E-state index in [2.05, 4.69) is 5.10 Å². The Morgan fingerprint density at radius 1 is 1.35 bits per heavy atom. The van der Waals surface area contributed by atoms with Gasteiger partial charge in [0, 0.05) is 18.2 Å². The van der Waals surface area contributed by atoms with Gasteiger partial charge in [0.05, 0.1) is 12.3 Å². The Labute approximate surface area is 97.0 Å². The summed E-state index contributed by atoms with van der Waals surface area (Å²) in [5.74, 6) is -0.332. The van der Waals surface area contributed by atoms with E-state index in [0.717, 1.165) is 4.68 Å². The highest BCUT2D eigenvalue weighted by Gasteiger charge is 2.07. The van der Waals surface area contributed by atoms with Crippen LogP contribution in [0.1, 0.15) is 5.56 Å². The number of nitrogens with zero attached hydrogens (tertiary/aromatic N) is 2. The lowest BCUT2D eigenvalue weighted by Crippen LogP contribution is -2.23. The molecular formula is C12H11FN2O2. The number of benzene rings is 1. The Morgan fingerprint density at radius 3 is 2.59 bits per heavy atom. The fraction of sp³-hybridized carbons (Fsp3) is 0.167. The molecule has 17 heavy (non-hydrogen) atoms. The van der Waals surface area contributed by atoms with E-state index in [1.54, 1.807) is 12.1 Å². The monoisotopic (exact) mass is 234 g/mol. The molecule has 2 rings (SSSR count). The smallest absolute Gasteiger partial charge is 0.272 e. The Kier molecular flexibility index (Phi) is 3.01. The van der Waals surface area contributed by atoms with Crippen LogP contribution in [0.3, 0.4) is 0 Å². The molecule has 0 aliphatic heterocycles. The van der Waals surface area contributed by atoms with Crippen LogP contribution in [0.25, 0.3) is 11.3 Å². The molecule has 1 heterocycles. The van der Waals surface area contributed by atoms with E-state index < -0.39 is 0 Å². The first-order valence-corrected chi connectivity index (χ1v) is 5.06. The Bertz CT molecular complexity index is 590. The quantitative estimate of drug-likeness (QED) is 0.845. The van der Waals surface area contributed by atoms with Gasteiger partial charge in [-0.3, -0.25) is 4.79 Å². The van der Waals surface area contributed by atoms with Crippen LogP contribution in [0.5, 0.6) is 0 Å². The lowest BCUT2D eigenvalue weighted by Gasteiger charge is -2.05. The third-order valence-corrected chi connectivity index (χ3v) is 2.45. The zero-order valence-electron chi connectivity index (χ0n) is 9.22. The zero-order valence-corrected chi connectivity index (χ0v) is 9.22. The maximum atomic E-state index is 12.8. The van der Waals surface area contributed by atoms with Crippen LogP contribution in [0.4, 0.5) is 4.39 Å². The van der Waals surface area contributed by atoms with Gasteiger partial charge < -0.3 is 5.11 Å². The standard InChI is InChI=1S/C12H11FN2O2/c1-15-12(17)9(7-16)6-11(14-15)8-2-4-10(13)5-3-8/h2-6,16H,7H2,1H3. The summed E-state index contributed by atoms with van der Waals surface area (Å²) < 4.78 is 13.9. The van der Waals surface area contributed by atoms with Crippen molar-refractivity contribution in [3.63, 3.8) is 0 Å². The summed E-state index contributed by atoms with van der Waals surface area (Å²) in [5.41, 5.74) is 1.15. The predicted molar refractivity (Wildman–Crippen MR) is 60.8 cm³/mol. The maximum Gasteiger partial charge on any atom is 0.272 e. The van der Waals surface area contributed by atoms with Crippen LogP contribution in [0, 0.1) is 5.82 Å². The zero-order chi connectivity index (χ0) is 12.4. The van der Waals surface area contributed by atoms with Gasteiger partial charge in [0.15, 0.2) is 0 Å². The van der Waals surface area contributed by atoms with Crippen molar-refractivity contribution in [2.24, 2.45) is 7.05 Å². The molecule has 1 N–H and O–H groups in total. The number of aromatic nitrogens is 2. The largest absolute Gasteiger partial charge is 0.391 e. The van der Waals surface area contributed by atoms with E-state index >= 15 is 0 Å². The van der Waals surface area contributed by atoms with Gasteiger partial charge in [-0.25, -0.2) is 9.07 Å². The van der Waals surface area contributed by atoms with E-state index in [4.69, 9.17) is 5.11 Å². The van der Waals surface area contributed by atoms with Crippen molar-refractivity contribution in [3.05, 3.63) is 52.1 Å². The second kappa shape index (κ2) is 4.47. The Balaban J connectivity index is 2.56. The summed E-state index contributed by atoms with van der Waals surface area (Å²) in [7, 11) is 1.51. The van der Waals surface area contributed by atoms with Crippen molar-refractivity contribution >= 4 is 0 Å². The maximum absolute atomic E-state index is 12.8. The van der Waals surface area contributed by atoms with Crippen molar-refractivity contribution < 1.29 is 9.50 Å². The normalized spacial score (nSPS) is 10.5. The van der Waals surface area contributed by atoms with E-state index in [1.807, 2.05) is 0 Å². The molecule has 0 saturated heterocycles. The first kappa shape index (κ1) is 11.5. The fourth-order valence-electron chi connectivity index (χ4n) is 1.55. The van der Waals surface area contributed by atoms with Crippen LogP contribution in [-0.2, 0) is 13.7 Å². The van der Waals surface area contributed by atoms with Crippen LogP contribution >= 0.6 is 0 Å². The highest BCUT2D eigenvalue weighted by atomic mass is 19.1. The molecule has 1 aromatic heterocycles. The fourth-order valence-corrected chi connectivity index (χ4v) is 1.55. The van der Waals surface area contributed by atoms with Gasteiger partial charge in [-0.2, -0.15) is 5.10 Å². The van der Waals surface area contributed by atoms with Gasteiger partial charge in [0.25, 0.3) is 5.56 Å². The summed E-state index contributed by atoms with van der Waals surface area (Å²) in [6.07, 6.45) is 0. The third kappa shape index (κ3) is 2.24. The molecule has 0 aliphatic carbocycles. The molecule has 0 unspecified atom stereocenters. The number of aliphatic hydroxyl groups is 1. The minimum Gasteiger partial charge on any atom is -0.391 e. The van der Waals surface area contributed by atoms with Crippen LogP contribution < -0.4 is 5.56 Å². The molecule has 88 valence electrons. The van der Waals surface area contributed by atoms with E-state index in [-0.39, 0.29) is 23.5 Å². The first-order chi connectivity index (χ1) is 8.11. The Hall–Kier alpha value is -2.01. The Morgan fingerprint density at radius 2 is 2.00 bits per heavy atom. The second-order valence-corrected chi connectivity index (χ2v) is 3.65. The summed E-state index contributed by atoms with van der Waals surface area (Å²) in [6, 6.07) is 7.30. The van der Waals surface area contributed by atoms with Gasteiger partial charge in [-0.05, 0) is 30.3 Å². The summed E-state index contributed by atoms with van der Waals surface area (Å²) in [4.78, 5) is 11.5. The average molecular weight is 234 g/mol. The lowest BCUT2D eigenvalue weighted by atomic mass is 10.1. The summed E-state index contributed by atoms with van der Waals surface area (Å²) in [5, 5.41) is 13.1. The number of aryl methyl sites for hydroxylation is 1. The molecule has 0 fully saturated rings. The van der Waals surface area contributed by atoms with Gasteiger partial charge in [-0.1, -0.05) is 0 Å². The molecule has 4 nitrogen and oxygen atoms in total. The molecule has 5 heteroatoms. The molecule has 0 aliphatic rings. The van der Waals surface area contributed by atoms with Crippen molar-refractivity contribution in [1.29, 1.82) is 0 Å². The van der Waals surface area contributed by atoms with Gasteiger partial charge in [0.1, 0.15) is 5.82 Å². The van der Waals surface area contributed by atoms with E-state index in [1.165, 1.54) is 25.2 Å². The first-order valence-electron chi connectivity index (χ1n) is 5.06. The van der Waals surface area contributed by atoms with Gasteiger partial charge in [0.2, 0.25) is 0 Å². The number of hydrogen-bond donors (Lipinski definition) is 1. The average Bonchev–Trinajstić information content (AvgIpc) is 2.33. The van der Waals surface area contributed by atoms with E-state index in [0.29, 0.717) is 11.3 Å². The molecule has 2 aromatic rings. The molecular weight excluding hydrogens is 223 g/mol. The minimum absolute atomic E-state index is 0.266. The van der Waals surface area contributed by atoms with Crippen molar-refractivity contribution in [3.8, 4) is 11.3 Å². The van der Waals surface area contributed by atoms with E-state index in [9.17, 15) is 9.18 Å². The number of rotatable bonds is 2. The number of hydrogen-bond acceptors (Lipinski definition) is 3. The summed E-state index contributed by atoms with van der Waals surface area (Å²) >= 11 is 0. The van der Waals surface area contributed by atoms with Crippen LogP contribution in [-0.4, -0.2) is 14.9 Å². The van der Waals surface area contributed by atoms with Crippen molar-refractivity contribution in [1.82, 2.24) is 9.78 Å². The third-order valence-electron chi connectivity index (χ3n) is 2.45. The minimum atomic E-state index is -0.344. The van der Waals surface area contributed by atoms with Crippen molar-refractivity contribution in [2.45, 2.75) is 6.61 Å². The topological polar surface area (TPSA) is 55.1 Å². The molecule has 0 bridgehead atoms. The number of aliphatic hydroxyl groups excluding tert-OH is 1. The summed E-state index contributed by atoms with van der Waals surface area (Å²) in [6.45, 7) is -0.344. The lowest BCUT2D eigenvalue weighted by molar-refractivity contribution is 0.279. The molecule has 0 saturated carbocycles. The molecule has 1 aromatic carbocycles. The highest BCUT2D eigenvalue weighted by molar-refractivity contribution is 5.58. The molecule has 0 atom stereocenters. The highest BCUT2D eigenvalue weighted by Crippen LogP contribution is 2.16. The molecule has 0 amide bonds.